The molecule has 2 amide bonds. The van der Waals surface area contributed by atoms with Crippen molar-refractivity contribution < 1.29 is 9.59 Å². The summed E-state index contributed by atoms with van der Waals surface area (Å²) >= 11 is 0. The number of aryl methyl sites for hydroxylation is 2. The van der Waals surface area contributed by atoms with E-state index in [-0.39, 0.29) is 23.9 Å². The monoisotopic (exact) mass is 290 g/mol. The fraction of sp³-hybridized carbons (Fsp3) is 0.529. The number of hydrogen-bond donors (Lipinski definition) is 1. The van der Waals surface area contributed by atoms with Gasteiger partial charge in [-0.05, 0) is 53.7 Å². The third kappa shape index (κ3) is 5.58. The van der Waals surface area contributed by atoms with Crippen molar-refractivity contribution in [1.82, 2.24) is 10.2 Å². The van der Waals surface area contributed by atoms with E-state index in [1.807, 2.05) is 59.7 Å². The van der Waals surface area contributed by atoms with E-state index in [4.69, 9.17) is 0 Å². The highest BCUT2D eigenvalue weighted by atomic mass is 16.2. The minimum absolute atomic E-state index is 0.0829. The molecule has 0 fully saturated rings. The number of amides is 2. The molecular formula is C17H26N2O2. The predicted molar refractivity (Wildman–Crippen MR) is 85.4 cm³/mol. The van der Waals surface area contributed by atoms with Gasteiger partial charge >= 0.3 is 0 Å². The van der Waals surface area contributed by atoms with Gasteiger partial charge in [0.2, 0.25) is 5.91 Å². The zero-order chi connectivity index (χ0) is 16.2. The molecule has 1 rings (SSSR count). The molecule has 1 aromatic carbocycles. The Kier molecular flexibility index (Phi) is 5.53. The molecule has 0 bridgehead atoms. The topological polar surface area (TPSA) is 49.4 Å². The number of nitrogens with zero attached hydrogens (tertiary/aromatic N) is 1. The molecule has 0 saturated heterocycles. The van der Waals surface area contributed by atoms with E-state index in [1.165, 1.54) is 0 Å². The lowest BCUT2D eigenvalue weighted by atomic mass is 10.1. The molecule has 21 heavy (non-hydrogen) atoms. The molecule has 116 valence electrons. The Morgan fingerprint density at radius 3 is 2.05 bits per heavy atom. The van der Waals surface area contributed by atoms with Crippen molar-refractivity contribution in [1.29, 1.82) is 0 Å². The van der Waals surface area contributed by atoms with Crippen LogP contribution in [0.25, 0.3) is 0 Å². The van der Waals surface area contributed by atoms with Gasteiger partial charge in [-0.25, -0.2) is 0 Å². The molecule has 0 unspecified atom stereocenters. The third-order valence-corrected chi connectivity index (χ3v) is 2.99. The Morgan fingerprint density at radius 1 is 1.10 bits per heavy atom. The molecule has 0 radical (unpaired) electrons. The van der Waals surface area contributed by atoms with Gasteiger partial charge in [0.25, 0.3) is 5.91 Å². The summed E-state index contributed by atoms with van der Waals surface area (Å²) < 4.78 is 0. The van der Waals surface area contributed by atoms with Crippen molar-refractivity contribution >= 4 is 11.8 Å². The summed E-state index contributed by atoms with van der Waals surface area (Å²) in [5, 5.41) is 2.88. The number of nitrogens with one attached hydrogen (secondary N) is 1. The molecule has 4 nitrogen and oxygen atoms in total. The number of carbonyl (C=O) groups excluding carboxylic acids is 2. The van der Waals surface area contributed by atoms with Crippen molar-refractivity contribution in [3.63, 3.8) is 0 Å². The van der Waals surface area contributed by atoms with Crippen LogP contribution < -0.4 is 5.32 Å². The summed E-state index contributed by atoms with van der Waals surface area (Å²) in [5.41, 5.74) is 2.44. The minimum Gasteiger partial charge on any atom is -0.350 e. The molecule has 0 saturated carbocycles. The maximum Gasteiger partial charge on any atom is 0.254 e. The van der Waals surface area contributed by atoms with E-state index in [2.05, 4.69) is 5.32 Å². The lowest BCUT2D eigenvalue weighted by molar-refractivity contribution is -0.123. The van der Waals surface area contributed by atoms with Gasteiger partial charge in [-0.1, -0.05) is 17.2 Å². The number of rotatable bonds is 4. The highest BCUT2D eigenvalue weighted by Crippen LogP contribution is 2.11. The normalized spacial score (nSPS) is 11.1. The molecule has 0 aliphatic rings. The maximum atomic E-state index is 12.5. The van der Waals surface area contributed by atoms with Crippen LogP contribution in [0.2, 0.25) is 0 Å². The number of carbonyl (C=O) groups is 2. The average Bonchev–Trinajstić information content (AvgIpc) is 2.31. The van der Waals surface area contributed by atoms with Crippen LogP contribution in [-0.2, 0) is 4.79 Å². The second-order valence-corrected chi connectivity index (χ2v) is 6.49. The first-order valence-electron chi connectivity index (χ1n) is 7.31. The second-order valence-electron chi connectivity index (χ2n) is 6.49. The standard InChI is InChI=1S/C17H26N2O2/c1-7-19(11-15(20)18-17(4,5)6)16(21)14-9-12(2)8-13(3)10-14/h8-10H,7,11H2,1-6H3,(H,18,20). The fourth-order valence-electron chi connectivity index (χ4n) is 2.24. The quantitative estimate of drug-likeness (QED) is 0.927. The first-order valence-corrected chi connectivity index (χ1v) is 7.31. The summed E-state index contributed by atoms with van der Waals surface area (Å²) in [6.07, 6.45) is 0. The third-order valence-electron chi connectivity index (χ3n) is 2.99. The lowest BCUT2D eigenvalue weighted by Crippen LogP contribution is -2.47. The van der Waals surface area contributed by atoms with Crippen molar-refractivity contribution in [2.24, 2.45) is 0 Å². The fourth-order valence-corrected chi connectivity index (χ4v) is 2.24. The predicted octanol–water partition coefficient (Wildman–Crippen LogP) is 2.68. The number of likely N-dealkylation sites (N-methyl/N-ethyl adjacent to an activating group) is 1. The molecule has 1 N–H and O–H groups in total. The molecule has 0 atom stereocenters. The summed E-state index contributed by atoms with van der Waals surface area (Å²) in [6.45, 7) is 12.2. The summed E-state index contributed by atoms with van der Waals surface area (Å²) in [6, 6.07) is 5.75. The summed E-state index contributed by atoms with van der Waals surface area (Å²) in [4.78, 5) is 26.1. The maximum absolute atomic E-state index is 12.5. The van der Waals surface area contributed by atoms with Crippen molar-refractivity contribution in [2.75, 3.05) is 13.1 Å². The van der Waals surface area contributed by atoms with Crippen LogP contribution in [0.3, 0.4) is 0 Å². The van der Waals surface area contributed by atoms with Crippen LogP contribution >= 0.6 is 0 Å². The SMILES string of the molecule is CCN(CC(=O)NC(C)(C)C)C(=O)c1cc(C)cc(C)c1. The molecule has 0 spiro atoms. The van der Waals surface area contributed by atoms with E-state index in [0.717, 1.165) is 11.1 Å². The zero-order valence-electron chi connectivity index (χ0n) is 13.9. The van der Waals surface area contributed by atoms with Crippen LogP contribution in [0, 0.1) is 13.8 Å². The van der Waals surface area contributed by atoms with Gasteiger partial charge in [-0.15, -0.1) is 0 Å². The van der Waals surface area contributed by atoms with Crippen molar-refractivity contribution in [3.8, 4) is 0 Å². The number of hydrogen-bond acceptors (Lipinski definition) is 2. The molecule has 0 aromatic heterocycles. The van der Waals surface area contributed by atoms with E-state index >= 15 is 0 Å². The Morgan fingerprint density at radius 2 is 1.62 bits per heavy atom. The van der Waals surface area contributed by atoms with Crippen LogP contribution in [0.1, 0.15) is 49.2 Å². The Balaban J connectivity index is 2.84. The molecule has 1 aromatic rings. The van der Waals surface area contributed by atoms with E-state index in [9.17, 15) is 9.59 Å². The summed E-state index contributed by atoms with van der Waals surface area (Å²) in [7, 11) is 0. The first-order chi connectivity index (χ1) is 9.62. The Bertz CT molecular complexity index is 510. The van der Waals surface area contributed by atoms with Gasteiger partial charge in [0, 0.05) is 17.6 Å². The largest absolute Gasteiger partial charge is 0.350 e. The van der Waals surface area contributed by atoms with Crippen molar-refractivity contribution in [2.45, 2.75) is 47.1 Å². The van der Waals surface area contributed by atoms with Crippen LogP contribution in [0.15, 0.2) is 18.2 Å². The Labute approximate surface area is 127 Å². The zero-order valence-corrected chi connectivity index (χ0v) is 13.9. The van der Waals surface area contributed by atoms with Gasteiger partial charge in [-0.3, -0.25) is 9.59 Å². The highest BCUT2D eigenvalue weighted by molar-refractivity contribution is 5.96. The van der Waals surface area contributed by atoms with Crippen LogP contribution in [0.5, 0.6) is 0 Å². The van der Waals surface area contributed by atoms with E-state index < -0.39 is 0 Å². The van der Waals surface area contributed by atoms with E-state index in [1.54, 1.807) is 4.90 Å². The Hall–Kier alpha value is -1.84. The van der Waals surface area contributed by atoms with E-state index in [0.29, 0.717) is 12.1 Å². The van der Waals surface area contributed by atoms with Gasteiger partial charge in [0.1, 0.15) is 0 Å². The average molecular weight is 290 g/mol. The van der Waals surface area contributed by atoms with Gasteiger partial charge in [0.05, 0.1) is 6.54 Å². The van der Waals surface area contributed by atoms with Crippen molar-refractivity contribution in [3.05, 3.63) is 34.9 Å². The molecule has 4 heteroatoms. The van der Waals surface area contributed by atoms with Crippen LogP contribution in [-0.4, -0.2) is 35.3 Å². The van der Waals surface area contributed by atoms with Crippen LogP contribution in [0.4, 0.5) is 0 Å². The lowest BCUT2D eigenvalue weighted by Gasteiger charge is -2.25. The minimum atomic E-state index is -0.292. The molecular weight excluding hydrogens is 264 g/mol. The molecule has 0 aliphatic heterocycles. The summed E-state index contributed by atoms with van der Waals surface area (Å²) in [5.74, 6) is -0.240. The highest BCUT2D eigenvalue weighted by Gasteiger charge is 2.20. The molecule has 0 aliphatic carbocycles. The first kappa shape index (κ1) is 17.2. The number of benzene rings is 1. The second kappa shape index (κ2) is 6.74. The smallest absolute Gasteiger partial charge is 0.254 e. The van der Waals surface area contributed by atoms with Gasteiger partial charge in [-0.2, -0.15) is 0 Å². The molecule has 0 heterocycles. The van der Waals surface area contributed by atoms with Gasteiger partial charge in [0.15, 0.2) is 0 Å². The van der Waals surface area contributed by atoms with Gasteiger partial charge < -0.3 is 10.2 Å².